The Labute approximate surface area is 229 Å². The van der Waals surface area contributed by atoms with Crippen LogP contribution in [0.1, 0.15) is 60.3 Å². The van der Waals surface area contributed by atoms with E-state index in [1.807, 2.05) is 13.8 Å². The lowest BCUT2D eigenvalue weighted by Crippen LogP contribution is -2.61. The van der Waals surface area contributed by atoms with Gasteiger partial charge in [-0.2, -0.15) is 0 Å². The molecule has 3 fully saturated rings. The topological polar surface area (TPSA) is 180 Å². The summed E-state index contributed by atoms with van der Waals surface area (Å²) in [6.45, 7) is 12.9. The van der Waals surface area contributed by atoms with E-state index < -0.39 is 59.1 Å². The molecule has 0 aromatic heterocycles. The van der Waals surface area contributed by atoms with Crippen molar-refractivity contribution in [3.8, 4) is 0 Å². The molecule has 0 bridgehead atoms. The molecule has 2 saturated carbocycles. The molecule has 3 aliphatic rings. The molecule has 1 heterocycles. The molecule has 1 aliphatic heterocycles. The van der Waals surface area contributed by atoms with Crippen LogP contribution in [-0.4, -0.2) is 77.1 Å². The zero-order valence-electron chi connectivity index (χ0n) is 23.5. The number of amides is 6. The van der Waals surface area contributed by atoms with Gasteiger partial charge in [-0.1, -0.05) is 39.7 Å². The van der Waals surface area contributed by atoms with Crippen LogP contribution >= 0.6 is 0 Å². The van der Waals surface area contributed by atoms with Crippen LogP contribution in [0.15, 0.2) is 12.7 Å². The summed E-state index contributed by atoms with van der Waals surface area (Å²) >= 11 is 0. The minimum absolute atomic E-state index is 0.0425. The van der Waals surface area contributed by atoms with E-state index in [1.165, 1.54) is 4.90 Å². The number of fused-ring (bicyclic) bond motifs is 1. The largest absolute Gasteiger partial charge is 0.363 e. The second kappa shape index (κ2) is 11.4. The minimum atomic E-state index is -1.16. The molecule has 216 valence electrons. The molecule has 6 N–H and O–H groups in total. The molecule has 12 nitrogen and oxygen atoms in total. The van der Waals surface area contributed by atoms with Crippen molar-refractivity contribution in [3.05, 3.63) is 12.7 Å². The third-order valence-electron chi connectivity index (χ3n) is 8.19. The van der Waals surface area contributed by atoms with Crippen LogP contribution in [0.25, 0.3) is 0 Å². The van der Waals surface area contributed by atoms with Gasteiger partial charge in [0.2, 0.25) is 23.5 Å². The van der Waals surface area contributed by atoms with Crippen LogP contribution in [0, 0.1) is 23.2 Å². The highest BCUT2D eigenvalue weighted by Crippen LogP contribution is 2.64. The quantitative estimate of drug-likeness (QED) is 0.179. The summed E-state index contributed by atoms with van der Waals surface area (Å²) in [4.78, 5) is 77.6. The van der Waals surface area contributed by atoms with Gasteiger partial charge in [0.1, 0.15) is 12.1 Å². The van der Waals surface area contributed by atoms with Crippen molar-refractivity contribution in [1.82, 2.24) is 26.2 Å². The van der Waals surface area contributed by atoms with Gasteiger partial charge in [0.15, 0.2) is 0 Å². The first-order valence-corrected chi connectivity index (χ1v) is 13.5. The highest BCUT2D eigenvalue weighted by Gasteiger charge is 2.69. The van der Waals surface area contributed by atoms with E-state index in [-0.39, 0.29) is 36.3 Å². The lowest BCUT2D eigenvalue weighted by molar-refractivity contribution is -0.143. The van der Waals surface area contributed by atoms with Crippen LogP contribution in [-0.2, 0) is 24.0 Å². The van der Waals surface area contributed by atoms with Gasteiger partial charge < -0.3 is 31.9 Å². The normalized spacial score (nSPS) is 24.7. The first-order chi connectivity index (χ1) is 18.1. The predicted octanol–water partition coefficient (Wildman–Crippen LogP) is -0.0327. The molecule has 0 radical (unpaired) electrons. The number of nitrogens with two attached hydrogens (primary N) is 1. The van der Waals surface area contributed by atoms with E-state index in [1.54, 1.807) is 20.8 Å². The predicted molar refractivity (Wildman–Crippen MR) is 143 cm³/mol. The van der Waals surface area contributed by atoms with Gasteiger partial charge in [-0.05, 0) is 56.4 Å². The Morgan fingerprint density at radius 3 is 2.23 bits per heavy atom. The van der Waals surface area contributed by atoms with Gasteiger partial charge in [0.05, 0.1) is 6.04 Å². The molecule has 2 aliphatic carbocycles. The summed E-state index contributed by atoms with van der Waals surface area (Å²) < 4.78 is 0. The maximum atomic E-state index is 13.8. The Morgan fingerprint density at radius 1 is 1.08 bits per heavy atom. The standard InChI is InChI=1S/C27H42N6O6/c1-7-18(34)29-12-17(31-25(39)32-26(2,3)4)24(38)33-13-15-19(27(15,5)6)20(33)23(37)30-16(21(35)22(28)36)11-14-9-8-10-14/h7,14-17,19-20H,1,8-13H2,2-6H3,(H2,28,36)(H,29,34)(H,30,37)(H2,31,32,39)/t15-,16?,17?,19-,20-/m0/s1. The highest BCUT2D eigenvalue weighted by atomic mass is 16.2. The van der Waals surface area contributed by atoms with E-state index in [0.29, 0.717) is 6.42 Å². The van der Waals surface area contributed by atoms with E-state index in [0.717, 1.165) is 25.3 Å². The number of urea groups is 1. The summed E-state index contributed by atoms with van der Waals surface area (Å²) in [6.07, 6.45) is 4.21. The lowest BCUT2D eigenvalue weighted by Gasteiger charge is -2.35. The second-order valence-electron chi connectivity index (χ2n) is 12.6. The average Bonchev–Trinajstić information content (AvgIpc) is 3.14. The number of ketones is 1. The van der Waals surface area contributed by atoms with Gasteiger partial charge in [0.25, 0.3) is 5.91 Å². The van der Waals surface area contributed by atoms with Crippen molar-refractivity contribution in [2.24, 2.45) is 28.9 Å². The van der Waals surface area contributed by atoms with E-state index in [4.69, 9.17) is 5.73 Å². The van der Waals surface area contributed by atoms with Crippen molar-refractivity contribution < 1.29 is 28.8 Å². The van der Waals surface area contributed by atoms with Crippen LogP contribution in [0.3, 0.4) is 0 Å². The highest BCUT2D eigenvalue weighted by molar-refractivity contribution is 6.37. The summed E-state index contributed by atoms with van der Waals surface area (Å²) in [5.74, 6) is -3.47. The lowest BCUT2D eigenvalue weighted by atomic mass is 9.80. The molecule has 39 heavy (non-hydrogen) atoms. The molecular weight excluding hydrogens is 504 g/mol. The number of carbonyl (C=O) groups excluding carboxylic acids is 6. The number of rotatable bonds is 11. The number of Topliss-reactive ketones (excluding diaryl/α,β-unsaturated/α-hetero) is 1. The van der Waals surface area contributed by atoms with Crippen molar-refractivity contribution in [3.63, 3.8) is 0 Å². The Hall–Kier alpha value is -3.44. The molecule has 5 atom stereocenters. The van der Waals surface area contributed by atoms with E-state index >= 15 is 0 Å². The fourth-order valence-corrected chi connectivity index (χ4v) is 5.75. The Bertz CT molecular complexity index is 1050. The number of nitrogens with zero attached hydrogens (tertiary/aromatic N) is 1. The number of hydrogen-bond acceptors (Lipinski definition) is 6. The molecule has 0 aromatic rings. The molecule has 0 aromatic carbocycles. The van der Waals surface area contributed by atoms with Crippen LogP contribution in [0.2, 0.25) is 0 Å². The number of likely N-dealkylation sites (tertiary alicyclic amines) is 1. The van der Waals surface area contributed by atoms with E-state index in [9.17, 15) is 28.8 Å². The Kier molecular flexibility index (Phi) is 8.76. The van der Waals surface area contributed by atoms with Crippen LogP contribution in [0.5, 0.6) is 0 Å². The fourth-order valence-electron chi connectivity index (χ4n) is 5.75. The Balaban J connectivity index is 1.82. The van der Waals surface area contributed by atoms with Crippen molar-refractivity contribution in [2.45, 2.75) is 84.0 Å². The Morgan fingerprint density at radius 2 is 1.72 bits per heavy atom. The number of primary amides is 1. The summed E-state index contributed by atoms with van der Waals surface area (Å²) in [5.41, 5.74) is 4.48. The van der Waals surface area contributed by atoms with Crippen LogP contribution < -0.4 is 27.0 Å². The van der Waals surface area contributed by atoms with Crippen molar-refractivity contribution >= 4 is 35.4 Å². The SMILES string of the molecule is C=CC(=O)NCC(NC(=O)NC(C)(C)C)C(=O)N1C[C@H]2[C@@H]([C@H]1C(=O)NC(CC1CCC1)C(=O)C(N)=O)C2(C)C. The molecular formula is C27H42N6O6. The maximum absolute atomic E-state index is 13.8. The summed E-state index contributed by atoms with van der Waals surface area (Å²) in [7, 11) is 0. The number of carbonyl (C=O) groups is 6. The third-order valence-corrected chi connectivity index (χ3v) is 8.19. The number of hydrogen-bond donors (Lipinski definition) is 5. The van der Waals surface area contributed by atoms with Gasteiger partial charge in [0, 0.05) is 18.6 Å². The third kappa shape index (κ3) is 6.96. The van der Waals surface area contributed by atoms with Gasteiger partial charge in [-0.25, -0.2) is 4.79 Å². The van der Waals surface area contributed by atoms with Crippen LogP contribution in [0.4, 0.5) is 4.79 Å². The monoisotopic (exact) mass is 546 g/mol. The molecule has 0 spiro atoms. The maximum Gasteiger partial charge on any atom is 0.315 e. The van der Waals surface area contributed by atoms with Gasteiger partial charge >= 0.3 is 6.03 Å². The molecule has 1 saturated heterocycles. The fraction of sp³-hybridized carbons (Fsp3) is 0.704. The number of piperidine rings is 1. The molecule has 2 unspecified atom stereocenters. The first-order valence-electron chi connectivity index (χ1n) is 13.5. The van der Waals surface area contributed by atoms with Gasteiger partial charge in [-0.15, -0.1) is 0 Å². The van der Waals surface area contributed by atoms with Gasteiger partial charge in [-0.3, -0.25) is 24.0 Å². The second-order valence-corrected chi connectivity index (χ2v) is 12.6. The molecule has 6 amide bonds. The van der Waals surface area contributed by atoms with E-state index in [2.05, 4.69) is 27.8 Å². The molecule has 3 rings (SSSR count). The number of nitrogens with one attached hydrogen (secondary N) is 4. The summed E-state index contributed by atoms with van der Waals surface area (Å²) in [5, 5.41) is 10.6. The summed E-state index contributed by atoms with van der Waals surface area (Å²) in [6, 6.07) is -3.74. The minimum Gasteiger partial charge on any atom is -0.363 e. The smallest absolute Gasteiger partial charge is 0.315 e. The zero-order valence-corrected chi connectivity index (χ0v) is 23.5. The first kappa shape index (κ1) is 30.1. The van der Waals surface area contributed by atoms with Crippen molar-refractivity contribution in [1.29, 1.82) is 0 Å². The molecule has 12 heteroatoms. The van der Waals surface area contributed by atoms with Crippen molar-refractivity contribution in [2.75, 3.05) is 13.1 Å². The zero-order chi connectivity index (χ0) is 29.3. The average molecular weight is 547 g/mol.